The van der Waals surface area contributed by atoms with Crippen molar-refractivity contribution in [3.05, 3.63) is 30.0 Å². The van der Waals surface area contributed by atoms with Crippen LogP contribution in [-0.2, 0) is 4.74 Å². The molecule has 0 aliphatic carbocycles. The fourth-order valence-electron chi connectivity index (χ4n) is 2.66. The first-order chi connectivity index (χ1) is 10.3. The summed E-state index contributed by atoms with van der Waals surface area (Å²) in [6.07, 6.45) is 7.85. The molecule has 4 heterocycles. The van der Waals surface area contributed by atoms with E-state index >= 15 is 0 Å². The summed E-state index contributed by atoms with van der Waals surface area (Å²) in [4.78, 5) is 8.11. The number of halogens is 1. The molecule has 0 radical (unpaired) electrons. The molecule has 0 spiro atoms. The summed E-state index contributed by atoms with van der Waals surface area (Å²) in [5.74, 6) is 0.608. The van der Waals surface area contributed by atoms with Gasteiger partial charge in [-0.2, -0.15) is 5.10 Å². The van der Waals surface area contributed by atoms with Gasteiger partial charge in [-0.1, -0.05) is 11.6 Å². The molecule has 1 aliphatic heterocycles. The summed E-state index contributed by atoms with van der Waals surface area (Å²) in [5, 5.41) is 5.97. The number of nitrogens with zero attached hydrogens (tertiary/aromatic N) is 4. The third-order valence-corrected chi connectivity index (χ3v) is 3.86. The molecule has 4 rings (SSSR count). The standard InChI is InChI=1S/C14H13ClN4O2/c15-12-5-9-10(6-17-12)19(13-3-1-2-4-20-13)18-14(9)11-7-16-8-21-11/h5-8,13H,1-4H2. The molecule has 1 aliphatic rings. The third-order valence-electron chi connectivity index (χ3n) is 3.65. The van der Waals surface area contributed by atoms with Crippen LogP contribution in [0.4, 0.5) is 0 Å². The van der Waals surface area contributed by atoms with Crippen molar-refractivity contribution in [2.75, 3.05) is 6.61 Å². The highest BCUT2D eigenvalue weighted by Gasteiger charge is 2.23. The van der Waals surface area contributed by atoms with Crippen LogP contribution in [0.3, 0.4) is 0 Å². The second-order valence-corrected chi connectivity index (χ2v) is 5.39. The molecule has 1 fully saturated rings. The van der Waals surface area contributed by atoms with Crippen LogP contribution in [0.25, 0.3) is 22.4 Å². The number of oxazole rings is 1. The van der Waals surface area contributed by atoms with Crippen molar-refractivity contribution < 1.29 is 9.15 Å². The highest BCUT2D eigenvalue weighted by Crippen LogP contribution is 2.33. The van der Waals surface area contributed by atoms with E-state index in [1.807, 2.05) is 4.68 Å². The zero-order valence-corrected chi connectivity index (χ0v) is 12.0. The number of hydrogen-bond donors (Lipinski definition) is 0. The summed E-state index contributed by atoms with van der Waals surface area (Å²) >= 11 is 6.02. The van der Waals surface area contributed by atoms with Crippen LogP contribution in [0, 0.1) is 0 Å². The van der Waals surface area contributed by atoms with Crippen molar-refractivity contribution in [2.24, 2.45) is 0 Å². The Balaban J connectivity index is 1.91. The van der Waals surface area contributed by atoms with Gasteiger partial charge in [-0.25, -0.2) is 14.6 Å². The van der Waals surface area contributed by atoms with Crippen LogP contribution >= 0.6 is 11.6 Å². The van der Waals surface area contributed by atoms with Crippen LogP contribution in [0.5, 0.6) is 0 Å². The molecule has 3 aromatic rings. The van der Waals surface area contributed by atoms with Gasteiger partial charge in [0.25, 0.3) is 0 Å². The minimum absolute atomic E-state index is 0.0686. The maximum atomic E-state index is 6.02. The van der Waals surface area contributed by atoms with E-state index in [4.69, 9.17) is 20.8 Å². The SMILES string of the molecule is Clc1cc2c(-c3cnco3)nn(C3CCCCO3)c2cn1. The van der Waals surface area contributed by atoms with E-state index in [-0.39, 0.29) is 6.23 Å². The molecule has 1 unspecified atom stereocenters. The quantitative estimate of drug-likeness (QED) is 0.678. The highest BCUT2D eigenvalue weighted by molar-refractivity contribution is 6.30. The molecule has 0 amide bonds. The lowest BCUT2D eigenvalue weighted by Crippen LogP contribution is -2.19. The monoisotopic (exact) mass is 304 g/mol. The van der Waals surface area contributed by atoms with Crippen molar-refractivity contribution in [1.82, 2.24) is 19.7 Å². The van der Waals surface area contributed by atoms with Crippen molar-refractivity contribution in [3.63, 3.8) is 0 Å². The molecule has 7 heteroatoms. The molecular weight excluding hydrogens is 292 g/mol. The van der Waals surface area contributed by atoms with Crippen molar-refractivity contribution in [3.8, 4) is 11.5 Å². The first-order valence-corrected chi connectivity index (χ1v) is 7.25. The number of hydrogen-bond acceptors (Lipinski definition) is 5. The Morgan fingerprint density at radius 2 is 2.24 bits per heavy atom. The summed E-state index contributed by atoms with van der Waals surface area (Å²) in [7, 11) is 0. The molecule has 108 valence electrons. The van der Waals surface area contributed by atoms with Gasteiger partial charge in [0.15, 0.2) is 18.4 Å². The van der Waals surface area contributed by atoms with Gasteiger partial charge in [-0.3, -0.25) is 0 Å². The summed E-state index contributed by atoms with van der Waals surface area (Å²) in [5.41, 5.74) is 1.60. The van der Waals surface area contributed by atoms with Gasteiger partial charge in [0.2, 0.25) is 0 Å². The number of aromatic nitrogens is 4. The molecule has 6 nitrogen and oxygen atoms in total. The van der Waals surface area contributed by atoms with Gasteiger partial charge in [0.1, 0.15) is 10.8 Å². The Kier molecular flexibility index (Phi) is 3.12. The third kappa shape index (κ3) is 2.20. The fraction of sp³-hybridized carbons (Fsp3) is 0.357. The van der Waals surface area contributed by atoms with E-state index in [1.54, 1.807) is 18.5 Å². The van der Waals surface area contributed by atoms with E-state index in [2.05, 4.69) is 15.1 Å². The molecule has 1 saturated heterocycles. The van der Waals surface area contributed by atoms with Crippen molar-refractivity contribution in [1.29, 1.82) is 0 Å². The molecule has 3 aromatic heterocycles. The van der Waals surface area contributed by atoms with Gasteiger partial charge >= 0.3 is 0 Å². The van der Waals surface area contributed by atoms with Crippen LogP contribution in [0.2, 0.25) is 5.15 Å². The Hall–Kier alpha value is -1.92. The van der Waals surface area contributed by atoms with E-state index in [9.17, 15) is 0 Å². The van der Waals surface area contributed by atoms with E-state index in [0.717, 1.165) is 36.8 Å². The van der Waals surface area contributed by atoms with E-state index in [0.29, 0.717) is 16.6 Å². The molecule has 21 heavy (non-hydrogen) atoms. The minimum atomic E-state index is -0.0686. The number of rotatable bonds is 2. The van der Waals surface area contributed by atoms with Crippen LogP contribution in [0.1, 0.15) is 25.5 Å². The first-order valence-electron chi connectivity index (χ1n) is 6.87. The van der Waals surface area contributed by atoms with Gasteiger partial charge in [-0.05, 0) is 25.3 Å². The zero-order valence-electron chi connectivity index (χ0n) is 11.2. The normalized spacial score (nSPS) is 19.2. The first kappa shape index (κ1) is 12.8. The summed E-state index contributed by atoms with van der Waals surface area (Å²) in [6.45, 7) is 0.755. The number of pyridine rings is 1. The van der Waals surface area contributed by atoms with Gasteiger partial charge in [0.05, 0.1) is 17.9 Å². The molecule has 0 N–H and O–H groups in total. The molecular formula is C14H13ClN4O2. The molecule has 0 bridgehead atoms. The smallest absolute Gasteiger partial charge is 0.181 e. The second kappa shape index (κ2) is 5.13. The maximum absolute atomic E-state index is 6.02. The molecule has 1 atom stereocenters. The number of ether oxygens (including phenoxy) is 1. The van der Waals surface area contributed by atoms with Crippen LogP contribution in [0.15, 0.2) is 29.3 Å². The summed E-state index contributed by atoms with van der Waals surface area (Å²) < 4.78 is 13.1. The van der Waals surface area contributed by atoms with Gasteiger partial charge < -0.3 is 9.15 Å². The van der Waals surface area contributed by atoms with Gasteiger partial charge in [0, 0.05) is 12.0 Å². The fourth-order valence-corrected chi connectivity index (χ4v) is 2.82. The average Bonchev–Trinajstić information content (AvgIpc) is 3.14. The van der Waals surface area contributed by atoms with Crippen LogP contribution in [-0.4, -0.2) is 26.4 Å². The lowest BCUT2D eigenvalue weighted by Gasteiger charge is -2.23. The average molecular weight is 305 g/mol. The predicted molar refractivity (Wildman–Crippen MR) is 76.9 cm³/mol. The topological polar surface area (TPSA) is 66.0 Å². The largest absolute Gasteiger partial charge is 0.442 e. The van der Waals surface area contributed by atoms with E-state index < -0.39 is 0 Å². The van der Waals surface area contributed by atoms with Crippen molar-refractivity contribution in [2.45, 2.75) is 25.5 Å². The molecule has 0 aromatic carbocycles. The molecule has 0 saturated carbocycles. The Labute approximate surface area is 125 Å². The number of fused-ring (bicyclic) bond motifs is 1. The van der Waals surface area contributed by atoms with Crippen molar-refractivity contribution >= 4 is 22.5 Å². The maximum Gasteiger partial charge on any atom is 0.181 e. The summed E-state index contributed by atoms with van der Waals surface area (Å²) in [6, 6.07) is 1.79. The van der Waals surface area contributed by atoms with Gasteiger partial charge in [-0.15, -0.1) is 0 Å². The predicted octanol–water partition coefficient (Wildman–Crippen LogP) is 3.44. The zero-order chi connectivity index (χ0) is 14.2. The van der Waals surface area contributed by atoms with E-state index in [1.165, 1.54) is 6.39 Å². The second-order valence-electron chi connectivity index (χ2n) is 5.00. The lowest BCUT2D eigenvalue weighted by molar-refractivity contribution is -0.0365. The Bertz CT molecular complexity index is 763. The lowest BCUT2D eigenvalue weighted by atomic mass is 10.2. The Morgan fingerprint density at radius 3 is 3.00 bits per heavy atom. The minimum Gasteiger partial charge on any atom is -0.442 e. The highest BCUT2D eigenvalue weighted by atomic mass is 35.5. The Morgan fingerprint density at radius 1 is 1.29 bits per heavy atom. The van der Waals surface area contributed by atoms with Crippen LogP contribution < -0.4 is 0 Å².